The van der Waals surface area contributed by atoms with Crippen LogP contribution in [0.5, 0.6) is 5.75 Å². The van der Waals surface area contributed by atoms with E-state index in [1.165, 1.54) is 12.1 Å². The summed E-state index contributed by atoms with van der Waals surface area (Å²) in [4.78, 5) is 28.8. The van der Waals surface area contributed by atoms with Gasteiger partial charge in [-0.25, -0.2) is 9.78 Å². The predicted octanol–water partition coefficient (Wildman–Crippen LogP) is 5.86. The highest BCUT2D eigenvalue weighted by Crippen LogP contribution is 2.27. The number of carbonyl (C=O) groups excluding carboxylic acids is 1. The maximum Gasteiger partial charge on any atom is 0.326 e. The van der Waals surface area contributed by atoms with Gasteiger partial charge in [0.15, 0.2) is 0 Å². The Labute approximate surface area is 226 Å². The number of halogens is 2. The van der Waals surface area contributed by atoms with Crippen LogP contribution < -0.4 is 15.4 Å². The molecule has 4 rings (SSSR count). The highest BCUT2D eigenvalue weighted by atomic mass is 35.5. The second kappa shape index (κ2) is 12.8. The molecule has 0 aliphatic heterocycles. The number of amides is 1. The fourth-order valence-electron chi connectivity index (χ4n) is 4.45. The van der Waals surface area contributed by atoms with Gasteiger partial charge in [0, 0.05) is 18.7 Å². The highest BCUT2D eigenvalue weighted by Gasteiger charge is 2.24. The number of rotatable bonds is 10. The Morgan fingerprint density at radius 3 is 2.30 bits per heavy atom. The van der Waals surface area contributed by atoms with Crippen molar-refractivity contribution in [1.29, 1.82) is 0 Å². The molecule has 37 heavy (non-hydrogen) atoms. The smallest absolute Gasteiger partial charge is 0.326 e. The molecule has 194 valence electrons. The van der Waals surface area contributed by atoms with Crippen LogP contribution in [0.2, 0.25) is 10.0 Å². The fraction of sp³-hybridized carbons (Fsp3) is 0.321. The summed E-state index contributed by atoms with van der Waals surface area (Å²) in [6, 6.07) is 17.1. The van der Waals surface area contributed by atoms with E-state index < -0.39 is 17.9 Å². The highest BCUT2D eigenvalue weighted by molar-refractivity contribution is 6.39. The van der Waals surface area contributed by atoms with Crippen molar-refractivity contribution >= 4 is 40.9 Å². The molecule has 1 fully saturated rings. The van der Waals surface area contributed by atoms with Gasteiger partial charge >= 0.3 is 5.97 Å². The average molecular weight is 542 g/mol. The Morgan fingerprint density at radius 2 is 1.68 bits per heavy atom. The van der Waals surface area contributed by atoms with Crippen LogP contribution in [0.15, 0.2) is 66.9 Å². The third kappa shape index (κ3) is 7.60. The van der Waals surface area contributed by atoms with E-state index in [9.17, 15) is 14.7 Å². The molecule has 1 aromatic heterocycles. The number of pyridine rings is 1. The molecule has 3 aromatic rings. The number of nitrogens with one attached hydrogen (secondary N) is 2. The number of anilines is 1. The van der Waals surface area contributed by atoms with Gasteiger partial charge in [0.2, 0.25) is 0 Å². The number of benzene rings is 2. The van der Waals surface area contributed by atoms with Crippen LogP contribution in [0.1, 0.15) is 41.6 Å². The lowest BCUT2D eigenvalue weighted by Crippen LogP contribution is -2.42. The van der Waals surface area contributed by atoms with Gasteiger partial charge in [-0.2, -0.15) is 0 Å². The van der Waals surface area contributed by atoms with Crippen molar-refractivity contribution in [3.05, 3.63) is 88.0 Å². The van der Waals surface area contributed by atoms with Crippen molar-refractivity contribution in [2.75, 3.05) is 11.9 Å². The summed E-state index contributed by atoms with van der Waals surface area (Å²) < 4.78 is 6.01. The Kier molecular flexibility index (Phi) is 9.25. The molecule has 0 unspecified atom stereocenters. The monoisotopic (exact) mass is 541 g/mol. The van der Waals surface area contributed by atoms with Crippen molar-refractivity contribution in [2.24, 2.45) is 5.92 Å². The van der Waals surface area contributed by atoms with Crippen molar-refractivity contribution in [3.8, 4) is 5.75 Å². The number of aliphatic carboxylic acids is 1. The first-order valence-corrected chi connectivity index (χ1v) is 13.0. The van der Waals surface area contributed by atoms with E-state index >= 15 is 0 Å². The largest absolute Gasteiger partial charge is 0.493 e. The van der Waals surface area contributed by atoms with E-state index in [-0.39, 0.29) is 22.0 Å². The summed E-state index contributed by atoms with van der Waals surface area (Å²) in [6.07, 6.45) is 6.21. The maximum absolute atomic E-state index is 12.6. The summed E-state index contributed by atoms with van der Waals surface area (Å²) in [5.74, 6) is 0.360. The molecule has 1 atom stereocenters. The van der Waals surface area contributed by atoms with Crippen LogP contribution in [0.4, 0.5) is 5.82 Å². The van der Waals surface area contributed by atoms with Gasteiger partial charge in [0.25, 0.3) is 5.91 Å². The fourth-order valence-corrected chi connectivity index (χ4v) is 5.02. The quantitative estimate of drug-likeness (QED) is 0.297. The van der Waals surface area contributed by atoms with Gasteiger partial charge in [-0.3, -0.25) is 4.79 Å². The van der Waals surface area contributed by atoms with E-state index in [2.05, 4.69) is 15.6 Å². The first-order chi connectivity index (χ1) is 17.9. The molecule has 1 saturated carbocycles. The number of aromatic nitrogens is 1. The number of ether oxygens (including phenoxy) is 1. The molecule has 9 heteroatoms. The number of nitrogens with zero attached hydrogens (tertiary/aromatic N) is 1. The molecule has 0 radical (unpaired) electrons. The summed E-state index contributed by atoms with van der Waals surface area (Å²) in [5, 5.41) is 16.0. The minimum atomic E-state index is -1.15. The van der Waals surface area contributed by atoms with Crippen LogP contribution in [0.25, 0.3) is 0 Å². The van der Waals surface area contributed by atoms with Gasteiger partial charge in [-0.1, -0.05) is 47.5 Å². The second-order valence-electron chi connectivity index (χ2n) is 9.20. The standard InChI is InChI=1S/C28H29Cl2N3O4/c29-22-4-3-5-23(30)26(22)27(34)33-24(28(35)36)16-18-9-13-21(14-10-18)37-17-19-7-11-20(12-8-19)32-25-6-1-2-15-31-25/h1-6,9-10,13-15,19-20,24H,7-8,11-12,16-17H2,(H,31,32)(H,33,34)(H,35,36)/t19-,20+,24-/m0/s1. The normalized spacial score (nSPS) is 18.0. The summed E-state index contributed by atoms with van der Waals surface area (Å²) >= 11 is 12.2. The average Bonchev–Trinajstić information content (AvgIpc) is 2.89. The first-order valence-electron chi connectivity index (χ1n) is 12.3. The number of hydrogen-bond acceptors (Lipinski definition) is 5. The van der Waals surface area contributed by atoms with Crippen LogP contribution in [0, 0.1) is 5.92 Å². The first kappa shape index (κ1) is 26.8. The Morgan fingerprint density at radius 1 is 0.973 bits per heavy atom. The summed E-state index contributed by atoms with van der Waals surface area (Å²) in [6.45, 7) is 0.641. The van der Waals surface area contributed by atoms with Crippen LogP contribution in [0.3, 0.4) is 0 Å². The van der Waals surface area contributed by atoms with E-state index in [4.69, 9.17) is 27.9 Å². The molecule has 0 spiro atoms. The maximum atomic E-state index is 12.6. The molecule has 0 saturated heterocycles. The van der Waals surface area contributed by atoms with Gasteiger partial charge in [-0.05, 0) is 73.6 Å². The van der Waals surface area contributed by atoms with Crippen LogP contribution in [-0.2, 0) is 11.2 Å². The lowest BCUT2D eigenvalue weighted by molar-refractivity contribution is -0.139. The minimum Gasteiger partial charge on any atom is -0.493 e. The molecule has 7 nitrogen and oxygen atoms in total. The third-order valence-electron chi connectivity index (χ3n) is 6.51. The van der Waals surface area contributed by atoms with Crippen LogP contribution in [-0.4, -0.2) is 40.7 Å². The van der Waals surface area contributed by atoms with E-state index in [0.717, 1.165) is 42.8 Å². The Hall–Kier alpha value is -3.29. The van der Waals surface area contributed by atoms with Crippen molar-refractivity contribution in [1.82, 2.24) is 10.3 Å². The minimum absolute atomic E-state index is 0.0578. The number of carboxylic acid groups (broad SMARTS) is 1. The molecular formula is C28H29Cl2N3O4. The second-order valence-corrected chi connectivity index (χ2v) is 10.0. The van der Waals surface area contributed by atoms with E-state index in [0.29, 0.717) is 18.6 Å². The SMILES string of the molecule is O=C(N[C@@H](Cc1ccc(OC[C@H]2CC[C@@H](Nc3ccccn3)CC2)cc1)C(=O)O)c1c(Cl)cccc1Cl. The number of carbonyl (C=O) groups is 2. The summed E-state index contributed by atoms with van der Waals surface area (Å²) in [7, 11) is 0. The predicted molar refractivity (Wildman–Crippen MR) is 145 cm³/mol. The van der Waals surface area contributed by atoms with Crippen LogP contribution >= 0.6 is 23.2 Å². The van der Waals surface area contributed by atoms with E-state index in [1.807, 2.05) is 42.5 Å². The molecule has 1 heterocycles. The molecule has 1 aliphatic carbocycles. The zero-order valence-electron chi connectivity index (χ0n) is 20.2. The lowest BCUT2D eigenvalue weighted by atomic mass is 9.86. The molecule has 1 amide bonds. The Bertz CT molecular complexity index is 1180. The van der Waals surface area contributed by atoms with Gasteiger partial charge in [0.05, 0.1) is 22.2 Å². The molecular weight excluding hydrogens is 513 g/mol. The Balaban J connectivity index is 1.25. The summed E-state index contributed by atoms with van der Waals surface area (Å²) in [5.41, 5.74) is 0.814. The number of hydrogen-bond donors (Lipinski definition) is 3. The van der Waals surface area contributed by atoms with Gasteiger partial charge < -0.3 is 20.5 Å². The molecule has 2 aromatic carbocycles. The topological polar surface area (TPSA) is 101 Å². The molecule has 1 aliphatic rings. The van der Waals surface area contributed by atoms with Gasteiger partial charge in [0.1, 0.15) is 17.6 Å². The van der Waals surface area contributed by atoms with Gasteiger partial charge in [-0.15, -0.1) is 0 Å². The lowest BCUT2D eigenvalue weighted by Gasteiger charge is -2.29. The molecule has 0 bridgehead atoms. The zero-order chi connectivity index (χ0) is 26.2. The van der Waals surface area contributed by atoms with Crippen molar-refractivity contribution < 1.29 is 19.4 Å². The molecule has 3 N–H and O–H groups in total. The zero-order valence-corrected chi connectivity index (χ0v) is 21.7. The van der Waals surface area contributed by atoms with Crippen molar-refractivity contribution in [2.45, 2.75) is 44.2 Å². The van der Waals surface area contributed by atoms with Crippen molar-refractivity contribution in [3.63, 3.8) is 0 Å². The number of carboxylic acids is 1. The third-order valence-corrected chi connectivity index (χ3v) is 7.14. The van der Waals surface area contributed by atoms with E-state index in [1.54, 1.807) is 12.3 Å².